The first kappa shape index (κ1) is 15.6. The minimum atomic E-state index is -0.692. The molecule has 0 unspecified atom stereocenters. The Labute approximate surface area is 131 Å². The number of carbonyl (C=O) groups is 1. The number of halogens is 1. The third-order valence-electron chi connectivity index (χ3n) is 2.68. The Kier molecular flexibility index (Phi) is 4.52. The summed E-state index contributed by atoms with van der Waals surface area (Å²) in [5.74, 6) is -0.244. The molecule has 0 aliphatic rings. The zero-order chi connectivity index (χ0) is 16.3. The number of nitrogens with two attached hydrogens (primary N) is 2. The van der Waals surface area contributed by atoms with Crippen molar-refractivity contribution < 1.29 is 13.9 Å². The van der Waals surface area contributed by atoms with Gasteiger partial charge in [-0.1, -0.05) is 0 Å². The average Bonchev–Trinajstić information content (AvgIpc) is 2.41. The van der Waals surface area contributed by atoms with Crippen LogP contribution < -0.4 is 21.1 Å². The van der Waals surface area contributed by atoms with Crippen molar-refractivity contribution in [1.29, 1.82) is 0 Å². The molecule has 0 aliphatic carbocycles. The molecule has 0 saturated carbocycles. The van der Waals surface area contributed by atoms with Gasteiger partial charge in [0.05, 0.1) is 5.69 Å². The summed E-state index contributed by atoms with van der Waals surface area (Å²) in [6.45, 7) is 1.24. The largest absolute Gasteiger partial charge is 0.457 e. The van der Waals surface area contributed by atoms with Gasteiger partial charge in [0, 0.05) is 25.3 Å². The lowest BCUT2D eigenvalue weighted by Crippen LogP contribution is -2.39. The Morgan fingerprint density at radius 2 is 2.00 bits per heavy atom. The quantitative estimate of drug-likeness (QED) is 0.842. The maximum atomic E-state index is 14.2. The highest BCUT2D eigenvalue weighted by molar-refractivity contribution is 7.80. The highest BCUT2D eigenvalue weighted by atomic mass is 32.1. The van der Waals surface area contributed by atoms with Gasteiger partial charge in [0.25, 0.3) is 0 Å². The summed E-state index contributed by atoms with van der Waals surface area (Å²) >= 11 is 4.75. The van der Waals surface area contributed by atoms with Crippen LogP contribution in [0.4, 0.5) is 15.9 Å². The van der Waals surface area contributed by atoms with E-state index in [1.54, 1.807) is 6.07 Å². The highest BCUT2D eigenvalue weighted by Crippen LogP contribution is 2.28. The molecule has 114 valence electrons. The van der Waals surface area contributed by atoms with Gasteiger partial charge in [0.2, 0.25) is 5.91 Å². The molecular formula is C14H13FN4O2S. The van der Waals surface area contributed by atoms with E-state index in [4.69, 9.17) is 28.4 Å². The summed E-state index contributed by atoms with van der Waals surface area (Å²) in [6.07, 6.45) is 1.47. The van der Waals surface area contributed by atoms with E-state index in [0.29, 0.717) is 5.75 Å². The van der Waals surface area contributed by atoms with E-state index in [1.165, 1.54) is 31.3 Å². The van der Waals surface area contributed by atoms with Crippen molar-refractivity contribution in [3.63, 3.8) is 0 Å². The number of carbonyl (C=O) groups excluding carboxylic acids is 1. The van der Waals surface area contributed by atoms with Gasteiger partial charge in [-0.2, -0.15) is 0 Å². The van der Waals surface area contributed by atoms with Gasteiger partial charge < -0.3 is 16.2 Å². The lowest BCUT2D eigenvalue weighted by Gasteiger charge is -2.20. The molecule has 0 fully saturated rings. The van der Waals surface area contributed by atoms with Crippen molar-refractivity contribution in [2.75, 3.05) is 10.6 Å². The topological polar surface area (TPSA) is 94.5 Å². The molecule has 8 heteroatoms. The molecule has 1 amide bonds. The fraction of sp³-hybridized carbons (Fsp3) is 0.0714. The number of ether oxygens (including phenoxy) is 1. The molecule has 1 aromatic carbocycles. The van der Waals surface area contributed by atoms with Crippen LogP contribution in [0.25, 0.3) is 0 Å². The molecule has 0 spiro atoms. The molecule has 4 N–H and O–H groups in total. The molecule has 1 heterocycles. The predicted molar refractivity (Wildman–Crippen MR) is 85.1 cm³/mol. The van der Waals surface area contributed by atoms with E-state index >= 15 is 0 Å². The van der Waals surface area contributed by atoms with Crippen LogP contribution in [-0.4, -0.2) is 16.0 Å². The van der Waals surface area contributed by atoms with Gasteiger partial charge in [-0.05, 0) is 30.4 Å². The molecule has 0 radical (unpaired) electrons. The molecule has 22 heavy (non-hydrogen) atoms. The number of benzene rings is 1. The summed E-state index contributed by atoms with van der Waals surface area (Å²) in [5, 5.41) is -0.234. The monoisotopic (exact) mass is 320 g/mol. The van der Waals surface area contributed by atoms with E-state index in [-0.39, 0.29) is 22.4 Å². The second kappa shape index (κ2) is 6.35. The highest BCUT2D eigenvalue weighted by Gasteiger charge is 2.19. The minimum Gasteiger partial charge on any atom is -0.457 e. The molecule has 2 rings (SSSR count). The summed E-state index contributed by atoms with van der Waals surface area (Å²) in [6, 6.07) is 7.06. The van der Waals surface area contributed by atoms with Gasteiger partial charge in [-0.25, -0.2) is 9.37 Å². The van der Waals surface area contributed by atoms with Crippen molar-refractivity contribution >= 4 is 34.7 Å². The number of rotatable bonds is 3. The van der Waals surface area contributed by atoms with Crippen molar-refractivity contribution in [2.45, 2.75) is 6.92 Å². The minimum absolute atomic E-state index is 0.0402. The lowest BCUT2D eigenvalue weighted by atomic mass is 10.2. The van der Waals surface area contributed by atoms with Gasteiger partial charge in [-0.3, -0.25) is 9.69 Å². The number of anilines is 2. The molecule has 0 saturated heterocycles. The maximum absolute atomic E-state index is 14.2. The van der Waals surface area contributed by atoms with Crippen molar-refractivity contribution in [2.24, 2.45) is 5.73 Å². The zero-order valence-electron chi connectivity index (χ0n) is 11.6. The smallest absolute Gasteiger partial charge is 0.230 e. The van der Waals surface area contributed by atoms with Crippen LogP contribution in [0.5, 0.6) is 11.5 Å². The van der Waals surface area contributed by atoms with E-state index in [0.717, 1.165) is 11.0 Å². The normalized spacial score (nSPS) is 10.1. The number of pyridine rings is 1. The molecule has 0 aliphatic heterocycles. The fourth-order valence-electron chi connectivity index (χ4n) is 1.80. The molecule has 0 atom stereocenters. The summed E-state index contributed by atoms with van der Waals surface area (Å²) < 4.78 is 19.6. The number of nitrogens with zero attached hydrogens (tertiary/aromatic N) is 2. The zero-order valence-corrected chi connectivity index (χ0v) is 12.4. The second-order valence-electron chi connectivity index (χ2n) is 4.32. The lowest BCUT2D eigenvalue weighted by molar-refractivity contribution is -0.115. The van der Waals surface area contributed by atoms with Crippen LogP contribution in [-0.2, 0) is 4.79 Å². The fourth-order valence-corrected chi connectivity index (χ4v) is 2.03. The second-order valence-corrected chi connectivity index (χ2v) is 4.74. The average molecular weight is 320 g/mol. The Morgan fingerprint density at radius 1 is 1.32 bits per heavy atom. The van der Waals surface area contributed by atoms with Crippen LogP contribution >= 0.6 is 12.2 Å². The van der Waals surface area contributed by atoms with Crippen molar-refractivity contribution in [1.82, 2.24) is 4.98 Å². The first-order valence-corrected chi connectivity index (χ1v) is 6.58. The number of nitrogen functional groups attached to an aromatic ring is 1. The first-order valence-electron chi connectivity index (χ1n) is 6.17. The number of amides is 1. The summed E-state index contributed by atoms with van der Waals surface area (Å²) in [4.78, 5) is 16.2. The van der Waals surface area contributed by atoms with E-state index in [9.17, 15) is 9.18 Å². The SMILES string of the molecule is CC(=O)N(C(N)=S)c1ccc(Oc2ccnc(N)c2)cc1F. The molecular weight excluding hydrogens is 307 g/mol. The van der Waals surface area contributed by atoms with Gasteiger partial charge >= 0.3 is 0 Å². The summed E-state index contributed by atoms with van der Waals surface area (Å²) in [5.41, 5.74) is 10.9. The van der Waals surface area contributed by atoms with E-state index in [2.05, 4.69) is 4.98 Å². The Bertz CT molecular complexity index is 725. The predicted octanol–water partition coefficient (Wildman–Crippen LogP) is 2.19. The van der Waals surface area contributed by atoms with Crippen molar-refractivity contribution in [3.05, 3.63) is 42.3 Å². The number of aromatic nitrogens is 1. The molecule has 2 aromatic rings. The standard InChI is InChI=1S/C14H13FN4O2S/c1-8(20)19(14(17)22)12-3-2-9(6-11(12)15)21-10-4-5-18-13(16)7-10/h2-7H,1H3,(H2,16,18)(H2,17,22). The Morgan fingerprint density at radius 3 is 2.55 bits per heavy atom. The van der Waals surface area contributed by atoms with Crippen LogP contribution in [0.3, 0.4) is 0 Å². The third kappa shape index (κ3) is 3.47. The van der Waals surface area contributed by atoms with Gasteiger partial charge in [0.1, 0.15) is 17.3 Å². The van der Waals surface area contributed by atoms with Crippen LogP contribution in [0, 0.1) is 5.82 Å². The van der Waals surface area contributed by atoms with Crippen molar-refractivity contribution in [3.8, 4) is 11.5 Å². The Balaban J connectivity index is 2.30. The Hall–Kier alpha value is -2.74. The van der Waals surface area contributed by atoms with Crippen LogP contribution in [0.1, 0.15) is 6.92 Å². The number of hydrogen-bond donors (Lipinski definition) is 2. The molecule has 6 nitrogen and oxygen atoms in total. The van der Waals surface area contributed by atoms with E-state index < -0.39 is 11.7 Å². The van der Waals surface area contributed by atoms with E-state index in [1.807, 2.05) is 0 Å². The molecule has 1 aromatic heterocycles. The van der Waals surface area contributed by atoms with Gasteiger partial charge in [-0.15, -0.1) is 0 Å². The molecule has 0 bridgehead atoms. The first-order chi connectivity index (χ1) is 10.4. The maximum Gasteiger partial charge on any atom is 0.230 e. The van der Waals surface area contributed by atoms with Crippen LogP contribution in [0.15, 0.2) is 36.5 Å². The number of thiocarbonyl (C=S) groups is 1. The number of hydrogen-bond acceptors (Lipinski definition) is 5. The summed E-state index contributed by atoms with van der Waals surface area (Å²) in [7, 11) is 0. The van der Waals surface area contributed by atoms with Crippen LogP contribution in [0.2, 0.25) is 0 Å². The third-order valence-corrected chi connectivity index (χ3v) is 2.87. The van der Waals surface area contributed by atoms with Gasteiger partial charge in [0.15, 0.2) is 10.9 Å².